The molecule has 2 aromatic rings. The summed E-state index contributed by atoms with van der Waals surface area (Å²) < 4.78 is 1.34. The van der Waals surface area contributed by atoms with Crippen LogP contribution in [0.25, 0.3) is 0 Å². The van der Waals surface area contributed by atoms with E-state index in [0.29, 0.717) is 0 Å². The Morgan fingerprint density at radius 1 is 1.46 bits per heavy atom. The van der Waals surface area contributed by atoms with E-state index in [0.717, 1.165) is 15.8 Å². The monoisotopic (exact) mass is 228 g/mol. The van der Waals surface area contributed by atoms with Crippen LogP contribution in [0.15, 0.2) is 21.7 Å². The molecular formula is C8H8N2S3. The van der Waals surface area contributed by atoms with Gasteiger partial charge in [0.15, 0.2) is 0 Å². The molecule has 0 atom stereocenters. The van der Waals surface area contributed by atoms with Gasteiger partial charge in [0, 0.05) is 0 Å². The molecule has 0 spiro atoms. The highest BCUT2D eigenvalue weighted by molar-refractivity contribution is 8.00. The van der Waals surface area contributed by atoms with Crippen LogP contribution < -0.4 is 0 Å². The minimum atomic E-state index is 0.937. The first-order valence-electron chi connectivity index (χ1n) is 3.80. The van der Waals surface area contributed by atoms with Gasteiger partial charge >= 0.3 is 0 Å². The normalized spacial score (nSPS) is 10.5. The van der Waals surface area contributed by atoms with Crippen LogP contribution in [0, 0.1) is 6.92 Å². The van der Waals surface area contributed by atoms with Gasteiger partial charge in [-0.2, -0.15) is 0 Å². The zero-order chi connectivity index (χ0) is 9.10. The first-order chi connectivity index (χ1) is 6.34. The van der Waals surface area contributed by atoms with Crippen LogP contribution in [0.1, 0.15) is 10.0 Å². The average molecular weight is 228 g/mol. The summed E-state index contributed by atoms with van der Waals surface area (Å²) in [5.41, 5.74) is 0. The van der Waals surface area contributed by atoms with Crippen LogP contribution in [0.3, 0.4) is 0 Å². The summed E-state index contributed by atoms with van der Waals surface area (Å²) in [4.78, 5) is 0. The van der Waals surface area contributed by atoms with Crippen molar-refractivity contribution in [2.24, 2.45) is 0 Å². The summed E-state index contributed by atoms with van der Waals surface area (Å²) in [5, 5.41) is 12.3. The molecule has 0 aliphatic carbocycles. The highest BCUT2D eigenvalue weighted by atomic mass is 32.2. The van der Waals surface area contributed by atoms with E-state index in [2.05, 4.69) is 27.7 Å². The summed E-state index contributed by atoms with van der Waals surface area (Å²) in [5.74, 6) is 0.937. The van der Waals surface area contributed by atoms with Gasteiger partial charge in [-0.1, -0.05) is 6.07 Å². The first kappa shape index (κ1) is 9.18. The second kappa shape index (κ2) is 4.21. The fourth-order valence-corrected chi connectivity index (χ4v) is 3.35. The highest BCUT2D eigenvalue weighted by Crippen LogP contribution is 2.27. The van der Waals surface area contributed by atoms with Crippen LogP contribution in [-0.4, -0.2) is 10.2 Å². The Balaban J connectivity index is 1.93. The van der Waals surface area contributed by atoms with E-state index in [1.54, 1.807) is 22.7 Å². The summed E-state index contributed by atoms with van der Waals surface area (Å²) in [6.45, 7) is 1.98. The maximum Gasteiger partial charge on any atom is 0.127 e. The molecule has 0 fully saturated rings. The van der Waals surface area contributed by atoms with Gasteiger partial charge in [0.05, 0.1) is 9.96 Å². The van der Waals surface area contributed by atoms with Crippen molar-refractivity contribution in [2.75, 3.05) is 0 Å². The summed E-state index contributed by atoms with van der Waals surface area (Å²) in [6.07, 6.45) is 0. The van der Waals surface area contributed by atoms with Gasteiger partial charge in [0.25, 0.3) is 0 Å². The topological polar surface area (TPSA) is 25.8 Å². The Morgan fingerprint density at radius 3 is 3.00 bits per heavy atom. The van der Waals surface area contributed by atoms with Gasteiger partial charge in [-0.3, -0.25) is 0 Å². The van der Waals surface area contributed by atoms with E-state index < -0.39 is 0 Å². The molecule has 2 rings (SSSR count). The van der Waals surface area contributed by atoms with Crippen LogP contribution in [-0.2, 0) is 5.75 Å². The zero-order valence-corrected chi connectivity index (χ0v) is 9.51. The average Bonchev–Trinajstić information content (AvgIpc) is 2.71. The molecule has 68 valence electrons. The van der Waals surface area contributed by atoms with E-state index in [-0.39, 0.29) is 0 Å². The molecule has 0 saturated heterocycles. The molecule has 0 aromatic carbocycles. The predicted octanol–water partition coefficient (Wildman–Crippen LogP) is 3.20. The van der Waals surface area contributed by atoms with Crippen LogP contribution in [0.2, 0.25) is 0 Å². The second-order valence-electron chi connectivity index (χ2n) is 2.44. The molecule has 2 aromatic heterocycles. The Bertz CT molecular complexity index is 366. The van der Waals surface area contributed by atoms with Crippen molar-refractivity contribution in [3.8, 4) is 0 Å². The van der Waals surface area contributed by atoms with Gasteiger partial charge in [-0.05, 0) is 18.4 Å². The summed E-state index contributed by atoms with van der Waals surface area (Å²) >= 11 is 5.26. The van der Waals surface area contributed by atoms with Crippen molar-refractivity contribution in [3.05, 3.63) is 27.5 Å². The van der Waals surface area contributed by atoms with Crippen molar-refractivity contribution < 1.29 is 0 Å². The highest BCUT2D eigenvalue weighted by Gasteiger charge is 2.01. The Labute approximate surface area is 89.0 Å². The zero-order valence-electron chi connectivity index (χ0n) is 7.06. The van der Waals surface area contributed by atoms with Gasteiger partial charge in [-0.15, -0.1) is 44.6 Å². The van der Waals surface area contributed by atoms with Crippen molar-refractivity contribution >= 4 is 34.4 Å². The molecule has 2 nitrogen and oxygen atoms in total. The number of nitrogens with zero attached hydrogens (tertiary/aromatic N) is 2. The molecule has 0 unspecified atom stereocenters. The maximum absolute atomic E-state index is 4.07. The maximum atomic E-state index is 4.07. The largest absolute Gasteiger partial charge is 0.144 e. The number of aromatic nitrogens is 2. The molecule has 0 bridgehead atoms. The fraction of sp³-hybridized carbons (Fsp3) is 0.250. The van der Waals surface area contributed by atoms with Crippen molar-refractivity contribution in [1.82, 2.24) is 10.2 Å². The lowest BCUT2D eigenvalue weighted by atomic mass is 10.7. The van der Waals surface area contributed by atoms with Gasteiger partial charge in [-0.25, -0.2) is 0 Å². The van der Waals surface area contributed by atoms with Crippen LogP contribution in [0.5, 0.6) is 0 Å². The lowest BCUT2D eigenvalue weighted by molar-refractivity contribution is 1.01. The number of aryl methyl sites for hydroxylation is 1. The van der Waals surface area contributed by atoms with E-state index in [4.69, 9.17) is 0 Å². The smallest absolute Gasteiger partial charge is 0.127 e. The number of rotatable bonds is 3. The molecular weight excluding hydrogens is 220 g/mol. The number of thioether (sulfide) groups is 1. The predicted molar refractivity (Wildman–Crippen MR) is 58.5 cm³/mol. The summed E-state index contributed by atoms with van der Waals surface area (Å²) in [7, 11) is 0. The van der Waals surface area contributed by atoms with E-state index in [1.165, 1.54) is 4.21 Å². The molecule has 0 N–H and O–H groups in total. The van der Waals surface area contributed by atoms with Gasteiger partial charge in [0.1, 0.15) is 10.0 Å². The van der Waals surface area contributed by atoms with Gasteiger partial charge < -0.3 is 0 Å². The molecule has 0 aliphatic heterocycles. The third kappa shape index (κ3) is 2.52. The SMILES string of the molecule is Cc1nnc(CSc2cccs2)s1. The molecule has 13 heavy (non-hydrogen) atoms. The molecule has 0 saturated carbocycles. The van der Waals surface area contributed by atoms with E-state index in [9.17, 15) is 0 Å². The summed E-state index contributed by atoms with van der Waals surface area (Å²) in [6, 6.07) is 4.20. The molecule has 2 heterocycles. The quantitative estimate of drug-likeness (QED) is 0.754. The van der Waals surface area contributed by atoms with Crippen LogP contribution >= 0.6 is 34.4 Å². The standard InChI is InChI=1S/C8H8N2S3/c1-6-9-10-7(13-6)5-12-8-3-2-4-11-8/h2-4H,5H2,1H3. The van der Waals surface area contributed by atoms with Crippen LogP contribution in [0.4, 0.5) is 0 Å². The third-order valence-corrected chi connectivity index (χ3v) is 4.56. The number of hydrogen-bond donors (Lipinski definition) is 0. The third-order valence-electron chi connectivity index (χ3n) is 1.40. The Morgan fingerprint density at radius 2 is 2.38 bits per heavy atom. The Kier molecular flexibility index (Phi) is 2.97. The molecule has 0 radical (unpaired) electrons. The van der Waals surface area contributed by atoms with Gasteiger partial charge in [0.2, 0.25) is 0 Å². The van der Waals surface area contributed by atoms with Crippen molar-refractivity contribution in [1.29, 1.82) is 0 Å². The van der Waals surface area contributed by atoms with Crippen molar-refractivity contribution in [2.45, 2.75) is 16.9 Å². The second-order valence-corrected chi connectivity index (χ2v) is 5.93. The number of thiophene rings is 1. The van der Waals surface area contributed by atoms with E-state index >= 15 is 0 Å². The number of hydrogen-bond acceptors (Lipinski definition) is 5. The molecule has 0 amide bonds. The lowest BCUT2D eigenvalue weighted by Crippen LogP contribution is -1.76. The fourth-order valence-electron chi connectivity index (χ4n) is 0.874. The minimum absolute atomic E-state index is 0.937. The molecule has 0 aliphatic rings. The Hall–Kier alpha value is -0.390. The lowest BCUT2D eigenvalue weighted by Gasteiger charge is -1.91. The minimum Gasteiger partial charge on any atom is -0.144 e. The molecule has 5 heteroatoms. The van der Waals surface area contributed by atoms with E-state index in [1.807, 2.05) is 18.7 Å². The van der Waals surface area contributed by atoms with Crippen molar-refractivity contribution in [3.63, 3.8) is 0 Å². The first-order valence-corrected chi connectivity index (χ1v) is 6.48.